The molecule has 0 bridgehead atoms. The summed E-state index contributed by atoms with van der Waals surface area (Å²) in [5.74, 6) is 0.0995. The molecule has 142 valence electrons. The third-order valence-electron chi connectivity index (χ3n) is 3.33. The van der Waals surface area contributed by atoms with Crippen molar-refractivity contribution in [1.82, 2.24) is 9.97 Å². The molecule has 0 aliphatic rings. The Morgan fingerprint density at radius 3 is 2.77 bits per heavy atom. The lowest BCUT2D eigenvalue weighted by atomic mass is 10.3. The normalized spacial score (nSPS) is 11.6. The molecular weight excluding hydrogens is 407 g/mol. The molecule has 0 N–H and O–H groups in total. The zero-order valence-corrected chi connectivity index (χ0v) is 16.3. The van der Waals surface area contributed by atoms with E-state index in [1.165, 1.54) is 16.2 Å². The lowest BCUT2D eigenvalue weighted by Crippen LogP contribution is -2.30. The van der Waals surface area contributed by atoms with Crippen LogP contribution in [-0.4, -0.2) is 40.1 Å². The van der Waals surface area contributed by atoms with Gasteiger partial charge in [0.25, 0.3) is 0 Å². The van der Waals surface area contributed by atoms with Gasteiger partial charge in [-0.15, -0.1) is 0 Å². The molecule has 4 nitrogen and oxygen atoms in total. The van der Waals surface area contributed by atoms with Crippen molar-refractivity contribution in [3.05, 3.63) is 29.7 Å². The highest BCUT2D eigenvalue weighted by Crippen LogP contribution is 2.37. The van der Waals surface area contributed by atoms with Crippen LogP contribution in [0.1, 0.15) is 19.8 Å². The minimum absolute atomic E-state index is 0.0463. The lowest BCUT2D eigenvalue weighted by molar-refractivity contribution is -0.129. The Morgan fingerprint density at radius 1 is 1.38 bits per heavy atom. The second-order valence-corrected chi connectivity index (χ2v) is 7.78. The Labute approximate surface area is 162 Å². The first kappa shape index (κ1) is 21.0. The average molecular weight is 424 g/mol. The van der Waals surface area contributed by atoms with E-state index in [0.717, 1.165) is 17.3 Å². The first-order valence-electron chi connectivity index (χ1n) is 7.83. The van der Waals surface area contributed by atoms with E-state index < -0.39 is 12.6 Å². The van der Waals surface area contributed by atoms with Crippen molar-refractivity contribution >= 4 is 45.6 Å². The molecule has 0 saturated heterocycles. The minimum Gasteiger partial charge on any atom is -0.301 e. The number of aromatic nitrogens is 2. The number of hydrogen-bond acceptors (Lipinski definition) is 5. The first-order valence-corrected chi connectivity index (χ1v) is 10.2. The van der Waals surface area contributed by atoms with Gasteiger partial charge < -0.3 is 4.90 Å². The number of rotatable bonds is 8. The molecule has 2 heterocycles. The molecule has 2 rings (SSSR count). The second kappa shape index (κ2) is 9.57. The summed E-state index contributed by atoms with van der Waals surface area (Å²) in [7, 11) is 0. The number of carbonyl (C=O) groups excluding carboxylic acids is 1. The Bertz CT molecular complexity index is 725. The van der Waals surface area contributed by atoms with Gasteiger partial charge in [-0.05, 0) is 19.1 Å². The molecule has 26 heavy (non-hydrogen) atoms. The van der Waals surface area contributed by atoms with Crippen LogP contribution in [-0.2, 0) is 4.79 Å². The highest BCUT2D eigenvalue weighted by molar-refractivity contribution is 7.99. The topological polar surface area (TPSA) is 46.1 Å². The number of nitrogens with zero attached hydrogens (tertiary/aromatic N) is 3. The van der Waals surface area contributed by atoms with Crippen molar-refractivity contribution in [3.8, 4) is 10.6 Å². The van der Waals surface area contributed by atoms with Gasteiger partial charge in [0.15, 0.2) is 5.15 Å². The van der Waals surface area contributed by atoms with Crippen LogP contribution in [0.5, 0.6) is 0 Å². The molecule has 0 saturated carbocycles. The largest absolute Gasteiger partial charge is 0.389 e. The van der Waals surface area contributed by atoms with E-state index in [1.807, 2.05) is 13.0 Å². The summed E-state index contributed by atoms with van der Waals surface area (Å²) in [5, 5.41) is 1.43. The van der Waals surface area contributed by atoms with Crippen LogP contribution in [0.15, 0.2) is 24.5 Å². The minimum atomic E-state index is -4.16. The number of thiazole rings is 1. The molecule has 0 radical (unpaired) electrons. The first-order chi connectivity index (χ1) is 12.3. The maximum atomic E-state index is 12.4. The molecule has 2 aromatic heterocycles. The van der Waals surface area contributed by atoms with Gasteiger partial charge >= 0.3 is 6.18 Å². The summed E-state index contributed by atoms with van der Waals surface area (Å²) in [6.45, 7) is 2.22. The molecule has 0 atom stereocenters. The predicted octanol–water partition coefficient (Wildman–Crippen LogP) is 5.29. The number of alkyl halides is 3. The van der Waals surface area contributed by atoms with Crippen LogP contribution in [0, 0.1) is 0 Å². The van der Waals surface area contributed by atoms with E-state index in [0.29, 0.717) is 22.3 Å². The molecular formula is C16H17ClF3N3OS2. The number of carbonyl (C=O) groups is 1. The molecule has 0 spiro atoms. The fourth-order valence-electron chi connectivity index (χ4n) is 2.09. The summed E-state index contributed by atoms with van der Waals surface area (Å²) in [5.41, 5.74) is 0.803. The smallest absolute Gasteiger partial charge is 0.301 e. The fraction of sp³-hybridized carbons (Fsp3) is 0.438. The van der Waals surface area contributed by atoms with Crippen molar-refractivity contribution in [2.75, 3.05) is 23.0 Å². The van der Waals surface area contributed by atoms with Crippen molar-refractivity contribution < 1.29 is 18.0 Å². The summed E-state index contributed by atoms with van der Waals surface area (Å²) in [6, 6.07) is 3.63. The Balaban J connectivity index is 1.97. The average Bonchev–Trinajstić information content (AvgIpc) is 2.97. The van der Waals surface area contributed by atoms with E-state index in [2.05, 4.69) is 9.97 Å². The van der Waals surface area contributed by atoms with Gasteiger partial charge in [0.1, 0.15) is 10.0 Å². The van der Waals surface area contributed by atoms with Crippen LogP contribution in [0.4, 0.5) is 18.2 Å². The van der Waals surface area contributed by atoms with E-state index in [4.69, 9.17) is 11.6 Å². The zero-order chi connectivity index (χ0) is 19.2. The lowest BCUT2D eigenvalue weighted by Gasteiger charge is -2.19. The zero-order valence-electron chi connectivity index (χ0n) is 13.9. The van der Waals surface area contributed by atoms with Crippen molar-refractivity contribution in [2.24, 2.45) is 0 Å². The van der Waals surface area contributed by atoms with Gasteiger partial charge in [-0.1, -0.05) is 22.9 Å². The molecule has 2 aromatic rings. The Morgan fingerprint density at radius 2 is 2.15 bits per heavy atom. The Hall–Kier alpha value is -1.32. The number of thioether (sulfide) groups is 1. The van der Waals surface area contributed by atoms with Gasteiger partial charge in [-0.2, -0.15) is 24.9 Å². The monoisotopic (exact) mass is 423 g/mol. The highest BCUT2D eigenvalue weighted by atomic mass is 35.5. The predicted molar refractivity (Wildman–Crippen MR) is 101 cm³/mol. The molecule has 0 fully saturated rings. The summed E-state index contributed by atoms with van der Waals surface area (Å²) in [4.78, 5) is 22.3. The number of anilines is 1. The maximum absolute atomic E-state index is 12.4. The van der Waals surface area contributed by atoms with E-state index >= 15 is 0 Å². The molecule has 1 amide bonds. The van der Waals surface area contributed by atoms with Gasteiger partial charge in [0, 0.05) is 42.4 Å². The summed E-state index contributed by atoms with van der Waals surface area (Å²) in [6.07, 6.45) is -1.55. The van der Waals surface area contributed by atoms with Crippen LogP contribution in [0.3, 0.4) is 0 Å². The van der Waals surface area contributed by atoms with Crippen LogP contribution in [0.25, 0.3) is 10.6 Å². The van der Waals surface area contributed by atoms with Gasteiger partial charge in [0.2, 0.25) is 5.91 Å². The maximum Gasteiger partial charge on any atom is 0.389 e. The van der Waals surface area contributed by atoms with E-state index in [9.17, 15) is 18.0 Å². The van der Waals surface area contributed by atoms with Crippen LogP contribution < -0.4 is 4.90 Å². The second-order valence-electron chi connectivity index (χ2n) is 5.22. The van der Waals surface area contributed by atoms with Crippen molar-refractivity contribution in [1.29, 1.82) is 0 Å². The van der Waals surface area contributed by atoms with E-state index in [1.54, 1.807) is 18.5 Å². The molecule has 0 aromatic carbocycles. The number of pyridine rings is 1. The highest BCUT2D eigenvalue weighted by Gasteiger charge is 2.26. The van der Waals surface area contributed by atoms with Gasteiger partial charge in [0.05, 0.1) is 6.42 Å². The summed E-state index contributed by atoms with van der Waals surface area (Å²) < 4.78 is 36.4. The van der Waals surface area contributed by atoms with E-state index in [-0.39, 0.29) is 23.2 Å². The van der Waals surface area contributed by atoms with Crippen LogP contribution >= 0.6 is 34.7 Å². The fourth-order valence-corrected chi connectivity index (χ4v) is 4.37. The molecule has 0 unspecified atom stereocenters. The van der Waals surface area contributed by atoms with Crippen molar-refractivity contribution in [3.63, 3.8) is 0 Å². The van der Waals surface area contributed by atoms with Crippen molar-refractivity contribution in [2.45, 2.75) is 25.9 Å². The summed E-state index contributed by atoms with van der Waals surface area (Å²) >= 11 is 8.61. The Kier molecular flexibility index (Phi) is 7.72. The quantitative estimate of drug-likeness (QED) is 0.541. The SMILES string of the molecule is CCN(C(=O)CCSCCC(F)(F)F)c1sc(-c2cccnc2)nc1Cl. The number of halogens is 4. The van der Waals surface area contributed by atoms with Crippen LogP contribution in [0.2, 0.25) is 5.15 Å². The number of hydrogen-bond donors (Lipinski definition) is 0. The third-order valence-corrected chi connectivity index (χ3v) is 5.82. The van der Waals surface area contributed by atoms with Gasteiger partial charge in [-0.3, -0.25) is 9.78 Å². The van der Waals surface area contributed by atoms with Gasteiger partial charge in [-0.25, -0.2) is 4.98 Å². The molecule has 10 heteroatoms. The number of amides is 1. The third kappa shape index (κ3) is 6.14. The molecule has 0 aliphatic carbocycles. The standard InChI is InChI=1S/C16H17ClF3N3OS2/c1-2-23(12(24)5-8-25-9-6-16(18,19)20)15-13(17)22-14(26-15)11-4-3-7-21-10-11/h3-4,7,10H,2,5-6,8-9H2,1H3. The molecule has 0 aliphatic heterocycles.